The number of rotatable bonds is 3. The number of nitrogens with one attached hydrogen (secondary N) is 1. The molecule has 1 amide bonds. The van der Waals surface area contributed by atoms with Gasteiger partial charge in [-0.15, -0.1) is 0 Å². The molecule has 1 aromatic carbocycles. The maximum absolute atomic E-state index is 11.4. The first-order valence-corrected chi connectivity index (χ1v) is 5.99. The van der Waals surface area contributed by atoms with E-state index in [4.69, 9.17) is 28.9 Å². The summed E-state index contributed by atoms with van der Waals surface area (Å²) < 4.78 is 4.57. The Kier molecular flexibility index (Phi) is 3.91. The summed E-state index contributed by atoms with van der Waals surface area (Å²) in [5.74, 6) is -1.37. The van der Waals surface area contributed by atoms with Gasteiger partial charge in [-0.25, -0.2) is 4.79 Å². The van der Waals surface area contributed by atoms with Gasteiger partial charge in [-0.05, 0) is 12.1 Å². The summed E-state index contributed by atoms with van der Waals surface area (Å²) in [5, 5.41) is 9.94. The van der Waals surface area contributed by atoms with Crippen molar-refractivity contribution in [2.24, 2.45) is 5.73 Å². The van der Waals surface area contributed by atoms with Crippen molar-refractivity contribution in [2.45, 2.75) is 0 Å². The summed E-state index contributed by atoms with van der Waals surface area (Å²) in [6.45, 7) is 0. The van der Waals surface area contributed by atoms with Crippen LogP contribution in [-0.2, 0) is 4.74 Å². The van der Waals surface area contributed by atoms with Gasteiger partial charge in [0.2, 0.25) is 0 Å². The highest BCUT2D eigenvalue weighted by molar-refractivity contribution is 6.39. The molecule has 0 aliphatic heterocycles. The van der Waals surface area contributed by atoms with Gasteiger partial charge in [0.25, 0.3) is 5.91 Å². The minimum absolute atomic E-state index is 0.0976. The second-order valence-corrected chi connectivity index (χ2v) is 4.51. The number of esters is 1. The third-order valence-corrected chi connectivity index (χ3v) is 3.08. The molecule has 0 saturated heterocycles. The Hall–Kier alpha value is -2.12. The quantitative estimate of drug-likeness (QED) is 0.837. The largest absolute Gasteiger partial charge is 0.465 e. The molecule has 2 rings (SSSR count). The van der Waals surface area contributed by atoms with E-state index in [9.17, 15) is 9.59 Å². The van der Waals surface area contributed by atoms with Crippen molar-refractivity contribution in [1.29, 1.82) is 0 Å². The van der Waals surface area contributed by atoms with Crippen LogP contribution in [0.4, 0.5) is 0 Å². The first-order valence-electron chi connectivity index (χ1n) is 5.24. The fraction of sp³-hybridized carbons (Fsp3) is 0.0909. The molecule has 0 unspecified atom stereocenters. The number of carbonyl (C=O) groups is 2. The molecular weight excluding hydrogens is 307 g/mol. The minimum Gasteiger partial charge on any atom is -0.465 e. The number of amides is 1. The van der Waals surface area contributed by atoms with Gasteiger partial charge < -0.3 is 10.5 Å². The molecule has 0 saturated carbocycles. The summed E-state index contributed by atoms with van der Waals surface area (Å²) in [7, 11) is 1.24. The first-order chi connectivity index (χ1) is 9.45. The number of methoxy groups -OCH3 is 1. The van der Waals surface area contributed by atoms with E-state index in [1.165, 1.54) is 19.2 Å². The van der Waals surface area contributed by atoms with Crippen molar-refractivity contribution >= 4 is 35.1 Å². The molecule has 0 radical (unpaired) electrons. The van der Waals surface area contributed by atoms with Crippen LogP contribution in [0.1, 0.15) is 20.8 Å². The maximum Gasteiger partial charge on any atom is 0.337 e. The summed E-state index contributed by atoms with van der Waals surface area (Å²) in [6, 6.07) is 2.71. The first kappa shape index (κ1) is 14.3. The summed E-state index contributed by atoms with van der Waals surface area (Å²) in [5.41, 5.74) is 5.62. The van der Waals surface area contributed by atoms with Crippen LogP contribution >= 0.6 is 23.2 Å². The number of primary amides is 1. The van der Waals surface area contributed by atoms with Gasteiger partial charge in [-0.1, -0.05) is 23.2 Å². The van der Waals surface area contributed by atoms with Crippen LogP contribution in [-0.4, -0.2) is 34.4 Å². The molecule has 0 fully saturated rings. The molecule has 0 spiro atoms. The van der Waals surface area contributed by atoms with Crippen LogP contribution in [0.3, 0.4) is 0 Å². The van der Waals surface area contributed by atoms with Gasteiger partial charge in [-0.3, -0.25) is 4.79 Å². The van der Waals surface area contributed by atoms with E-state index in [1.54, 1.807) is 0 Å². The molecule has 0 aliphatic rings. The van der Waals surface area contributed by atoms with Gasteiger partial charge in [-0.2, -0.15) is 15.4 Å². The van der Waals surface area contributed by atoms with E-state index in [0.29, 0.717) is 0 Å². The predicted octanol–water partition coefficient (Wildman–Crippen LogP) is 1.66. The lowest BCUT2D eigenvalue weighted by atomic mass is 10.1. The number of aromatic amines is 1. The van der Waals surface area contributed by atoms with Crippen LogP contribution in [0, 0.1) is 0 Å². The second kappa shape index (κ2) is 5.48. The smallest absolute Gasteiger partial charge is 0.337 e. The standard InChI is InChI=1S/C11H8Cl2N4O3/c1-20-11(19)4-2-5(12)7(6(13)3-4)8-9(10(14)18)16-17-15-8/h2-3H,1H3,(H2,14,18)(H,15,16,17). The molecule has 0 atom stereocenters. The van der Waals surface area contributed by atoms with Crippen molar-refractivity contribution in [1.82, 2.24) is 15.4 Å². The molecule has 0 aliphatic carbocycles. The van der Waals surface area contributed by atoms with Crippen molar-refractivity contribution in [2.75, 3.05) is 7.11 Å². The summed E-state index contributed by atoms with van der Waals surface area (Å²) in [4.78, 5) is 22.7. The molecule has 1 heterocycles. The highest BCUT2D eigenvalue weighted by atomic mass is 35.5. The Balaban J connectivity index is 2.61. The Morgan fingerprint density at radius 2 is 1.85 bits per heavy atom. The normalized spacial score (nSPS) is 10.3. The number of benzene rings is 1. The zero-order valence-corrected chi connectivity index (χ0v) is 11.6. The number of H-pyrrole nitrogens is 1. The lowest BCUT2D eigenvalue weighted by Gasteiger charge is -2.07. The molecule has 0 bridgehead atoms. The van der Waals surface area contributed by atoms with Gasteiger partial charge in [0.15, 0.2) is 5.69 Å². The number of nitrogens with two attached hydrogens (primary N) is 1. The third-order valence-electron chi connectivity index (χ3n) is 2.48. The number of nitrogens with zero attached hydrogens (tertiary/aromatic N) is 2. The number of hydrogen-bond donors (Lipinski definition) is 2. The Morgan fingerprint density at radius 1 is 1.25 bits per heavy atom. The average Bonchev–Trinajstić information content (AvgIpc) is 2.86. The fourth-order valence-corrected chi connectivity index (χ4v) is 2.28. The highest BCUT2D eigenvalue weighted by Crippen LogP contribution is 2.36. The van der Waals surface area contributed by atoms with Gasteiger partial charge in [0.1, 0.15) is 5.69 Å². The maximum atomic E-state index is 11.4. The number of halogens is 2. The van der Waals surface area contributed by atoms with Gasteiger partial charge in [0.05, 0.1) is 22.7 Å². The molecular formula is C11H8Cl2N4O3. The van der Waals surface area contributed by atoms with Crippen LogP contribution in [0.2, 0.25) is 10.0 Å². The van der Waals surface area contributed by atoms with Crippen LogP contribution in [0.5, 0.6) is 0 Å². The van der Waals surface area contributed by atoms with Crippen LogP contribution < -0.4 is 5.73 Å². The highest BCUT2D eigenvalue weighted by Gasteiger charge is 2.22. The minimum atomic E-state index is -0.780. The van der Waals surface area contributed by atoms with Gasteiger partial charge in [0, 0.05) is 5.56 Å². The molecule has 2 aromatic rings. The van der Waals surface area contributed by atoms with Crippen molar-refractivity contribution in [3.05, 3.63) is 33.4 Å². The van der Waals surface area contributed by atoms with E-state index in [-0.39, 0.29) is 32.6 Å². The summed E-state index contributed by atoms with van der Waals surface area (Å²) in [6.07, 6.45) is 0. The third kappa shape index (κ3) is 2.45. The van der Waals surface area contributed by atoms with E-state index in [1.807, 2.05) is 0 Å². The van der Waals surface area contributed by atoms with Crippen molar-refractivity contribution < 1.29 is 14.3 Å². The van der Waals surface area contributed by atoms with Crippen molar-refractivity contribution in [3.63, 3.8) is 0 Å². The average molecular weight is 315 g/mol. The number of ether oxygens (including phenoxy) is 1. The molecule has 1 aromatic heterocycles. The second-order valence-electron chi connectivity index (χ2n) is 3.69. The molecule has 7 nitrogen and oxygen atoms in total. The molecule has 3 N–H and O–H groups in total. The lowest BCUT2D eigenvalue weighted by Crippen LogP contribution is -2.13. The Labute approximate surface area is 123 Å². The van der Waals surface area contributed by atoms with Crippen LogP contribution in [0.15, 0.2) is 12.1 Å². The Morgan fingerprint density at radius 3 is 2.35 bits per heavy atom. The van der Waals surface area contributed by atoms with E-state index < -0.39 is 11.9 Å². The fourth-order valence-electron chi connectivity index (χ4n) is 1.61. The SMILES string of the molecule is COC(=O)c1cc(Cl)c(-c2n[nH]nc2C(N)=O)c(Cl)c1. The van der Waals surface area contributed by atoms with E-state index >= 15 is 0 Å². The topological polar surface area (TPSA) is 111 Å². The summed E-state index contributed by atoms with van der Waals surface area (Å²) >= 11 is 12.2. The zero-order valence-electron chi connectivity index (χ0n) is 10.1. The number of aromatic nitrogens is 3. The molecule has 9 heteroatoms. The molecule has 20 heavy (non-hydrogen) atoms. The van der Waals surface area contributed by atoms with E-state index in [0.717, 1.165) is 0 Å². The lowest BCUT2D eigenvalue weighted by molar-refractivity contribution is 0.0600. The Bertz CT molecular complexity index is 676. The van der Waals surface area contributed by atoms with Gasteiger partial charge >= 0.3 is 5.97 Å². The number of hydrogen-bond acceptors (Lipinski definition) is 5. The number of carbonyl (C=O) groups excluding carboxylic acids is 2. The molecule has 104 valence electrons. The van der Waals surface area contributed by atoms with Crippen molar-refractivity contribution in [3.8, 4) is 11.3 Å². The monoisotopic (exact) mass is 314 g/mol. The zero-order chi connectivity index (χ0) is 14.9. The van der Waals surface area contributed by atoms with E-state index in [2.05, 4.69) is 20.1 Å². The van der Waals surface area contributed by atoms with Crippen LogP contribution in [0.25, 0.3) is 11.3 Å². The predicted molar refractivity (Wildman–Crippen MR) is 71.7 cm³/mol.